The number of aromatic carboxylic acids is 1. The van der Waals surface area contributed by atoms with Crippen molar-refractivity contribution in [3.8, 4) is 5.69 Å². The van der Waals surface area contributed by atoms with Gasteiger partial charge in [0, 0.05) is 17.1 Å². The number of alkyl halides is 3. The number of hydrogen-bond acceptors (Lipinski definition) is 4. The standard InChI is InChI=1S/C25H17ClF3N3O4S/c1-12-8-14(13(2)31(12)17-6-7-20(26)18(11-17)23(35)36)9-19-21(33)30-24(37)32(22(19)34)16-5-3-4-15(10-16)25(27,28)29/h3-11H,1-2H3,(H,35,36)(H,30,33,37)/b19-9+. The molecule has 12 heteroatoms. The van der Waals surface area contributed by atoms with Crippen molar-refractivity contribution < 1.29 is 32.7 Å². The van der Waals surface area contributed by atoms with Crippen molar-refractivity contribution in [1.82, 2.24) is 9.88 Å². The number of carbonyl (C=O) groups is 3. The van der Waals surface area contributed by atoms with Crippen LogP contribution in [0.15, 0.2) is 54.1 Å². The van der Waals surface area contributed by atoms with Gasteiger partial charge in [0.05, 0.1) is 21.8 Å². The van der Waals surface area contributed by atoms with Crippen LogP contribution in [0.25, 0.3) is 11.8 Å². The summed E-state index contributed by atoms with van der Waals surface area (Å²) in [6.45, 7) is 3.45. The third-order valence-corrected chi connectivity index (χ3v) is 6.36. The highest BCUT2D eigenvalue weighted by molar-refractivity contribution is 7.80. The first-order valence-corrected chi connectivity index (χ1v) is 11.4. The molecule has 0 spiro atoms. The van der Waals surface area contributed by atoms with Crippen LogP contribution in [0.2, 0.25) is 5.02 Å². The van der Waals surface area contributed by atoms with Gasteiger partial charge in [-0.05, 0) is 80.2 Å². The lowest BCUT2D eigenvalue weighted by molar-refractivity contribution is -0.137. The highest BCUT2D eigenvalue weighted by atomic mass is 35.5. The van der Waals surface area contributed by atoms with Crippen LogP contribution in [-0.2, 0) is 15.8 Å². The van der Waals surface area contributed by atoms with Crippen molar-refractivity contribution in [3.63, 3.8) is 0 Å². The molecule has 190 valence electrons. The molecule has 0 radical (unpaired) electrons. The van der Waals surface area contributed by atoms with Gasteiger partial charge < -0.3 is 9.67 Å². The fraction of sp³-hybridized carbons (Fsp3) is 0.120. The average Bonchev–Trinajstić information content (AvgIpc) is 3.09. The summed E-state index contributed by atoms with van der Waals surface area (Å²) in [6.07, 6.45) is -3.33. The van der Waals surface area contributed by atoms with Gasteiger partial charge in [0.15, 0.2) is 5.11 Å². The van der Waals surface area contributed by atoms with Gasteiger partial charge in [-0.15, -0.1) is 0 Å². The molecule has 7 nitrogen and oxygen atoms in total. The molecule has 1 aliphatic heterocycles. The zero-order chi connectivity index (χ0) is 27.2. The molecule has 1 fully saturated rings. The van der Waals surface area contributed by atoms with Crippen molar-refractivity contribution in [2.24, 2.45) is 0 Å². The molecule has 4 rings (SSSR count). The molecule has 1 aliphatic rings. The number of nitrogens with one attached hydrogen (secondary N) is 1. The Morgan fingerprint density at radius 2 is 1.78 bits per heavy atom. The number of carboxylic acids is 1. The van der Waals surface area contributed by atoms with E-state index >= 15 is 0 Å². The molecule has 0 atom stereocenters. The van der Waals surface area contributed by atoms with Crippen molar-refractivity contribution in [1.29, 1.82) is 0 Å². The van der Waals surface area contributed by atoms with Crippen LogP contribution in [0.4, 0.5) is 18.9 Å². The molecular formula is C25H17ClF3N3O4S. The van der Waals surface area contributed by atoms with Gasteiger partial charge in [-0.2, -0.15) is 13.2 Å². The number of aromatic nitrogens is 1. The zero-order valence-electron chi connectivity index (χ0n) is 19.2. The van der Waals surface area contributed by atoms with Gasteiger partial charge >= 0.3 is 12.1 Å². The largest absolute Gasteiger partial charge is 0.478 e. The zero-order valence-corrected chi connectivity index (χ0v) is 20.8. The molecule has 2 amide bonds. The summed E-state index contributed by atoms with van der Waals surface area (Å²) in [7, 11) is 0. The van der Waals surface area contributed by atoms with Crippen molar-refractivity contribution in [2.75, 3.05) is 4.90 Å². The summed E-state index contributed by atoms with van der Waals surface area (Å²) in [4.78, 5) is 38.3. The normalized spacial score (nSPS) is 15.4. The van der Waals surface area contributed by atoms with Crippen LogP contribution in [0.1, 0.15) is 32.9 Å². The molecule has 0 bridgehead atoms. The van der Waals surface area contributed by atoms with E-state index in [9.17, 15) is 32.7 Å². The Bertz CT molecular complexity index is 1530. The smallest absolute Gasteiger partial charge is 0.416 e. The second-order valence-corrected chi connectivity index (χ2v) is 8.93. The Kier molecular flexibility index (Phi) is 6.70. The minimum Gasteiger partial charge on any atom is -0.478 e. The summed E-state index contributed by atoms with van der Waals surface area (Å²) >= 11 is 11.1. The van der Waals surface area contributed by atoms with Gasteiger partial charge in [-0.1, -0.05) is 17.7 Å². The molecule has 2 N–H and O–H groups in total. The summed E-state index contributed by atoms with van der Waals surface area (Å²) in [5, 5.41) is 11.5. The highest BCUT2D eigenvalue weighted by Gasteiger charge is 2.37. The van der Waals surface area contributed by atoms with Gasteiger partial charge in [0.2, 0.25) is 0 Å². The number of carbonyl (C=O) groups excluding carboxylic acids is 2. The number of hydrogen-bond donors (Lipinski definition) is 2. The van der Waals surface area contributed by atoms with Crippen molar-refractivity contribution in [3.05, 3.63) is 87.2 Å². The molecular weight excluding hydrogens is 531 g/mol. The maximum absolute atomic E-state index is 13.3. The van der Waals surface area contributed by atoms with Crippen molar-refractivity contribution >= 4 is 58.5 Å². The summed E-state index contributed by atoms with van der Waals surface area (Å²) < 4.78 is 41.4. The van der Waals surface area contributed by atoms with Crippen molar-refractivity contribution in [2.45, 2.75) is 20.0 Å². The molecule has 37 heavy (non-hydrogen) atoms. The summed E-state index contributed by atoms with van der Waals surface area (Å²) in [5.41, 5.74) is 0.623. The number of benzene rings is 2. The van der Waals surface area contributed by atoms with E-state index in [-0.39, 0.29) is 27.0 Å². The number of nitrogens with zero attached hydrogens (tertiary/aromatic N) is 2. The number of halogens is 4. The predicted octanol–water partition coefficient (Wildman–Crippen LogP) is 5.30. The first-order chi connectivity index (χ1) is 17.3. The van der Waals surface area contributed by atoms with E-state index in [0.717, 1.165) is 23.1 Å². The molecule has 0 unspecified atom stereocenters. The molecule has 0 aliphatic carbocycles. The molecule has 1 saturated heterocycles. The van der Waals surface area contributed by atoms with E-state index in [1.165, 1.54) is 24.3 Å². The van der Waals surface area contributed by atoms with Crippen LogP contribution >= 0.6 is 23.8 Å². The monoisotopic (exact) mass is 547 g/mol. The first kappa shape index (κ1) is 26.1. The molecule has 2 heterocycles. The van der Waals surface area contributed by atoms with Gasteiger partial charge in [-0.3, -0.25) is 19.8 Å². The first-order valence-electron chi connectivity index (χ1n) is 10.6. The third-order valence-electron chi connectivity index (χ3n) is 5.74. The van der Waals surface area contributed by atoms with E-state index < -0.39 is 29.5 Å². The Morgan fingerprint density at radius 1 is 1.08 bits per heavy atom. The SMILES string of the molecule is Cc1cc(/C=C2\C(=O)NC(=S)N(c3cccc(C(F)(F)F)c3)C2=O)c(C)n1-c1ccc(Cl)c(C(=O)O)c1. The van der Waals surface area contributed by atoms with E-state index in [1.807, 2.05) is 0 Å². The Labute approximate surface area is 218 Å². The lowest BCUT2D eigenvalue weighted by atomic mass is 10.1. The summed E-state index contributed by atoms with van der Waals surface area (Å²) in [6, 6.07) is 10.2. The average molecular weight is 548 g/mol. The van der Waals surface area contributed by atoms with Gasteiger partial charge in [-0.25, -0.2) is 4.79 Å². The number of thiocarbonyl (C=S) groups is 1. The fourth-order valence-corrected chi connectivity index (χ4v) is 4.50. The summed E-state index contributed by atoms with van der Waals surface area (Å²) in [5.74, 6) is -2.90. The quantitative estimate of drug-likeness (QED) is 0.263. The molecule has 3 aromatic rings. The fourth-order valence-electron chi connectivity index (χ4n) is 4.02. The minimum atomic E-state index is -4.64. The van der Waals surface area contributed by atoms with E-state index in [2.05, 4.69) is 5.32 Å². The number of amides is 2. The van der Waals surface area contributed by atoms with E-state index in [4.69, 9.17) is 23.8 Å². The second kappa shape index (κ2) is 9.49. The van der Waals surface area contributed by atoms with Crippen LogP contribution in [0, 0.1) is 13.8 Å². The Balaban J connectivity index is 1.77. The third kappa shape index (κ3) is 4.87. The molecule has 1 aromatic heterocycles. The van der Waals surface area contributed by atoms with E-state index in [1.54, 1.807) is 30.5 Å². The molecule has 0 saturated carbocycles. The number of carboxylic acid groups (broad SMARTS) is 1. The van der Waals surface area contributed by atoms with Gasteiger partial charge in [0.25, 0.3) is 11.8 Å². The lowest BCUT2D eigenvalue weighted by Gasteiger charge is -2.29. The number of anilines is 1. The topological polar surface area (TPSA) is 91.6 Å². The molecule has 2 aromatic carbocycles. The van der Waals surface area contributed by atoms with E-state index in [0.29, 0.717) is 22.6 Å². The van der Waals surface area contributed by atoms with Gasteiger partial charge in [0.1, 0.15) is 5.57 Å². The Hall–Kier alpha value is -3.96. The predicted molar refractivity (Wildman–Crippen MR) is 135 cm³/mol. The van der Waals surface area contributed by atoms with Crippen LogP contribution < -0.4 is 10.2 Å². The maximum atomic E-state index is 13.3. The highest BCUT2D eigenvalue weighted by Crippen LogP contribution is 2.33. The van der Waals surface area contributed by atoms with Crippen LogP contribution in [-0.4, -0.2) is 32.6 Å². The van der Waals surface area contributed by atoms with Crippen LogP contribution in [0.5, 0.6) is 0 Å². The Morgan fingerprint density at radius 3 is 2.43 bits per heavy atom. The maximum Gasteiger partial charge on any atom is 0.416 e. The number of aryl methyl sites for hydroxylation is 1. The second-order valence-electron chi connectivity index (χ2n) is 8.14. The number of rotatable bonds is 4. The lowest BCUT2D eigenvalue weighted by Crippen LogP contribution is -2.54. The van der Waals surface area contributed by atoms with Crippen LogP contribution in [0.3, 0.4) is 0 Å². The minimum absolute atomic E-state index is 0.0659.